The maximum atomic E-state index is 10.3. The number of nitrogens with zero attached hydrogens (tertiary/aromatic N) is 1. The molecule has 1 heterocycles. The maximum absolute atomic E-state index is 10.3. The summed E-state index contributed by atoms with van der Waals surface area (Å²) in [5.74, 6) is 0.814. The van der Waals surface area contributed by atoms with Crippen LogP contribution in [0.4, 0.5) is 0 Å². The van der Waals surface area contributed by atoms with E-state index in [-0.39, 0.29) is 0 Å². The van der Waals surface area contributed by atoms with Gasteiger partial charge in [-0.15, -0.1) is 0 Å². The molecule has 1 saturated heterocycles. The first-order chi connectivity index (χ1) is 9.20. The highest BCUT2D eigenvalue weighted by molar-refractivity contribution is 5.28. The van der Waals surface area contributed by atoms with E-state index in [2.05, 4.69) is 11.9 Å². The number of aliphatic hydroxyl groups is 1. The van der Waals surface area contributed by atoms with Gasteiger partial charge in [0.1, 0.15) is 5.75 Å². The Bertz CT molecular complexity index is 373. The monoisotopic (exact) mass is 265 g/mol. The minimum absolute atomic E-state index is 0.459. The third-order valence-electron chi connectivity index (χ3n) is 3.78. The van der Waals surface area contributed by atoms with Crippen molar-refractivity contribution in [3.8, 4) is 5.75 Å². The van der Waals surface area contributed by atoms with E-state index in [9.17, 15) is 5.11 Å². The lowest BCUT2D eigenvalue weighted by atomic mass is 10.0. The third-order valence-corrected chi connectivity index (χ3v) is 3.78. The van der Waals surface area contributed by atoms with Gasteiger partial charge < -0.3 is 19.5 Å². The van der Waals surface area contributed by atoms with Gasteiger partial charge in [0.05, 0.1) is 13.2 Å². The highest BCUT2D eigenvalue weighted by Gasteiger charge is 2.20. The number of methoxy groups -OCH3 is 1. The van der Waals surface area contributed by atoms with Crippen LogP contribution in [0.1, 0.15) is 24.5 Å². The Morgan fingerprint density at radius 3 is 2.53 bits per heavy atom. The molecule has 1 aromatic carbocycles. The van der Waals surface area contributed by atoms with Crippen molar-refractivity contribution in [3.05, 3.63) is 29.8 Å². The van der Waals surface area contributed by atoms with Gasteiger partial charge in [-0.2, -0.15) is 0 Å². The van der Waals surface area contributed by atoms with E-state index in [1.807, 2.05) is 24.3 Å². The van der Waals surface area contributed by atoms with Gasteiger partial charge in [0, 0.05) is 25.8 Å². The zero-order chi connectivity index (χ0) is 13.7. The molecule has 4 nitrogen and oxygen atoms in total. The summed E-state index contributed by atoms with van der Waals surface area (Å²) in [5.41, 5.74) is 0.930. The molecular weight excluding hydrogens is 242 g/mol. The lowest BCUT2D eigenvalue weighted by Crippen LogP contribution is -2.38. The molecule has 0 radical (unpaired) electrons. The SMILES string of the molecule is COc1ccc(C(O)CN(C)C2CCOCC2)cc1. The van der Waals surface area contributed by atoms with Gasteiger partial charge in [0.25, 0.3) is 0 Å². The fourth-order valence-electron chi connectivity index (χ4n) is 2.48. The minimum Gasteiger partial charge on any atom is -0.497 e. The number of hydrogen-bond acceptors (Lipinski definition) is 4. The number of rotatable bonds is 5. The Morgan fingerprint density at radius 1 is 1.32 bits per heavy atom. The molecule has 0 bridgehead atoms. The third kappa shape index (κ3) is 3.93. The number of benzene rings is 1. The highest BCUT2D eigenvalue weighted by Crippen LogP contribution is 2.20. The van der Waals surface area contributed by atoms with Crippen LogP contribution in [-0.4, -0.2) is 50.0 Å². The summed E-state index contributed by atoms with van der Waals surface area (Å²) in [6, 6.07) is 8.12. The number of ether oxygens (including phenoxy) is 2. The fourth-order valence-corrected chi connectivity index (χ4v) is 2.48. The molecule has 1 aliphatic heterocycles. The van der Waals surface area contributed by atoms with Gasteiger partial charge in [-0.25, -0.2) is 0 Å². The summed E-state index contributed by atoms with van der Waals surface area (Å²) in [6.07, 6.45) is 1.64. The summed E-state index contributed by atoms with van der Waals surface area (Å²) in [6.45, 7) is 2.30. The van der Waals surface area contributed by atoms with Crippen LogP contribution in [0.3, 0.4) is 0 Å². The Labute approximate surface area is 114 Å². The van der Waals surface area contributed by atoms with Gasteiger partial charge in [-0.3, -0.25) is 0 Å². The zero-order valence-electron chi connectivity index (χ0n) is 11.7. The number of aliphatic hydroxyl groups excluding tert-OH is 1. The molecule has 19 heavy (non-hydrogen) atoms. The summed E-state index contributed by atoms with van der Waals surface area (Å²) < 4.78 is 10.5. The fraction of sp³-hybridized carbons (Fsp3) is 0.600. The van der Waals surface area contributed by atoms with Crippen molar-refractivity contribution in [2.24, 2.45) is 0 Å². The molecule has 0 spiro atoms. The lowest BCUT2D eigenvalue weighted by Gasteiger charge is -2.32. The van der Waals surface area contributed by atoms with Crippen LogP contribution in [0.25, 0.3) is 0 Å². The lowest BCUT2D eigenvalue weighted by molar-refractivity contribution is 0.0253. The van der Waals surface area contributed by atoms with Crippen LogP contribution < -0.4 is 4.74 Å². The van der Waals surface area contributed by atoms with Crippen molar-refractivity contribution in [2.75, 3.05) is 33.9 Å². The predicted molar refractivity (Wildman–Crippen MR) is 74.4 cm³/mol. The van der Waals surface area contributed by atoms with Crippen molar-refractivity contribution < 1.29 is 14.6 Å². The molecular formula is C15H23NO3. The first-order valence-corrected chi connectivity index (χ1v) is 6.80. The first-order valence-electron chi connectivity index (χ1n) is 6.80. The molecule has 2 rings (SSSR count). The van der Waals surface area contributed by atoms with Crippen molar-refractivity contribution in [1.29, 1.82) is 0 Å². The van der Waals surface area contributed by atoms with Crippen molar-refractivity contribution in [1.82, 2.24) is 4.90 Å². The minimum atomic E-state index is -0.459. The molecule has 4 heteroatoms. The number of likely N-dealkylation sites (N-methyl/N-ethyl adjacent to an activating group) is 1. The largest absolute Gasteiger partial charge is 0.497 e. The Kier molecular flexibility index (Phi) is 5.19. The average molecular weight is 265 g/mol. The predicted octanol–water partition coefficient (Wildman–Crippen LogP) is 1.84. The van der Waals surface area contributed by atoms with Crippen LogP contribution in [-0.2, 0) is 4.74 Å². The highest BCUT2D eigenvalue weighted by atomic mass is 16.5. The molecule has 0 amide bonds. The number of hydrogen-bond donors (Lipinski definition) is 1. The Balaban J connectivity index is 1.89. The van der Waals surface area contributed by atoms with Gasteiger partial charge in [0.2, 0.25) is 0 Å². The van der Waals surface area contributed by atoms with Crippen LogP contribution in [0.15, 0.2) is 24.3 Å². The molecule has 0 aliphatic carbocycles. The topological polar surface area (TPSA) is 41.9 Å². The summed E-state index contributed by atoms with van der Waals surface area (Å²) in [7, 11) is 3.72. The van der Waals surface area contributed by atoms with E-state index in [0.29, 0.717) is 12.6 Å². The van der Waals surface area contributed by atoms with E-state index in [1.165, 1.54) is 0 Å². The van der Waals surface area contributed by atoms with Crippen LogP contribution >= 0.6 is 0 Å². The van der Waals surface area contributed by atoms with Gasteiger partial charge >= 0.3 is 0 Å². The Hall–Kier alpha value is -1.10. The second-order valence-corrected chi connectivity index (χ2v) is 5.07. The average Bonchev–Trinajstić information content (AvgIpc) is 2.48. The van der Waals surface area contributed by atoms with Crippen LogP contribution in [0.5, 0.6) is 5.75 Å². The molecule has 0 aromatic heterocycles. The van der Waals surface area contributed by atoms with E-state index in [0.717, 1.165) is 37.4 Å². The Morgan fingerprint density at radius 2 is 1.95 bits per heavy atom. The van der Waals surface area contributed by atoms with Crippen molar-refractivity contribution in [2.45, 2.75) is 25.0 Å². The van der Waals surface area contributed by atoms with E-state index in [4.69, 9.17) is 9.47 Å². The molecule has 1 aromatic rings. The van der Waals surface area contributed by atoms with E-state index >= 15 is 0 Å². The molecule has 1 N–H and O–H groups in total. The molecule has 106 valence electrons. The maximum Gasteiger partial charge on any atom is 0.118 e. The standard InChI is InChI=1S/C15H23NO3/c1-16(13-7-9-19-10-8-13)11-15(17)12-3-5-14(18-2)6-4-12/h3-6,13,15,17H,7-11H2,1-2H3. The van der Waals surface area contributed by atoms with Gasteiger partial charge in [-0.1, -0.05) is 12.1 Å². The van der Waals surface area contributed by atoms with E-state index in [1.54, 1.807) is 7.11 Å². The second kappa shape index (κ2) is 6.89. The second-order valence-electron chi connectivity index (χ2n) is 5.07. The molecule has 1 atom stereocenters. The molecule has 1 fully saturated rings. The molecule has 0 saturated carbocycles. The van der Waals surface area contributed by atoms with Crippen LogP contribution in [0, 0.1) is 0 Å². The molecule has 1 unspecified atom stereocenters. The van der Waals surface area contributed by atoms with Gasteiger partial charge in [0.15, 0.2) is 0 Å². The van der Waals surface area contributed by atoms with Crippen LogP contribution in [0.2, 0.25) is 0 Å². The van der Waals surface area contributed by atoms with Crippen molar-refractivity contribution in [3.63, 3.8) is 0 Å². The normalized spacial score (nSPS) is 18.5. The smallest absolute Gasteiger partial charge is 0.118 e. The summed E-state index contributed by atoms with van der Waals surface area (Å²) in [4.78, 5) is 2.23. The van der Waals surface area contributed by atoms with Gasteiger partial charge in [-0.05, 0) is 37.6 Å². The summed E-state index contributed by atoms with van der Waals surface area (Å²) >= 11 is 0. The quantitative estimate of drug-likeness (QED) is 0.882. The van der Waals surface area contributed by atoms with Crippen molar-refractivity contribution >= 4 is 0 Å². The molecule has 1 aliphatic rings. The zero-order valence-corrected chi connectivity index (χ0v) is 11.7. The summed E-state index contributed by atoms with van der Waals surface area (Å²) in [5, 5.41) is 10.3. The van der Waals surface area contributed by atoms with E-state index < -0.39 is 6.10 Å². The first kappa shape index (κ1) is 14.3.